The summed E-state index contributed by atoms with van der Waals surface area (Å²) in [5.41, 5.74) is 0. The summed E-state index contributed by atoms with van der Waals surface area (Å²) in [5.74, 6) is -2.61. The molecule has 0 radical (unpaired) electrons. The Labute approximate surface area is 113 Å². The third kappa shape index (κ3) is 2.97. The number of aliphatic carboxylic acids is 1. The zero-order valence-corrected chi connectivity index (χ0v) is 12.0. The third-order valence-electron chi connectivity index (χ3n) is 2.44. The molecule has 5 nitrogen and oxygen atoms in total. The van der Waals surface area contributed by atoms with Crippen LogP contribution in [0.1, 0.15) is 13.3 Å². The number of hydrogen-bond donors (Lipinski definition) is 2. The minimum Gasteiger partial charge on any atom is -0.481 e. The molecule has 0 aliphatic carbocycles. The SMILES string of the molecule is CC[C@H](C(=N)S(=O)(=O)c1ccc(Br)cc1)C(=O)O. The van der Waals surface area contributed by atoms with E-state index >= 15 is 0 Å². The van der Waals surface area contributed by atoms with Crippen molar-refractivity contribution in [2.75, 3.05) is 0 Å². The highest BCUT2D eigenvalue weighted by Crippen LogP contribution is 2.20. The summed E-state index contributed by atoms with van der Waals surface area (Å²) in [5, 5.41) is 15.7. The lowest BCUT2D eigenvalue weighted by atomic mass is 10.1. The zero-order chi connectivity index (χ0) is 13.9. The lowest BCUT2D eigenvalue weighted by molar-refractivity contribution is -0.139. The minimum absolute atomic E-state index is 0.0594. The van der Waals surface area contributed by atoms with Crippen molar-refractivity contribution in [3.63, 3.8) is 0 Å². The van der Waals surface area contributed by atoms with Crippen LogP contribution in [-0.4, -0.2) is 24.5 Å². The number of carboxylic acid groups (broad SMARTS) is 1. The van der Waals surface area contributed by atoms with Crippen molar-refractivity contribution in [1.82, 2.24) is 0 Å². The van der Waals surface area contributed by atoms with E-state index in [0.717, 1.165) is 0 Å². The molecule has 0 unspecified atom stereocenters. The number of hydrogen-bond acceptors (Lipinski definition) is 4. The van der Waals surface area contributed by atoms with E-state index in [4.69, 9.17) is 10.5 Å². The zero-order valence-electron chi connectivity index (χ0n) is 9.55. The molecule has 0 heterocycles. The fourth-order valence-electron chi connectivity index (χ4n) is 1.40. The molecule has 0 aromatic heterocycles. The molecule has 0 saturated heterocycles. The number of carbonyl (C=O) groups is 1. The van der Waals surface area contributed by atoms with Gasteiger partial charge in [0.2, 0.25) is 9.84 Å². The van der Waals surface area contributed by atoms with Crippen molar-refractivity contribution in [3.8, 4) is 0 Å². The van der Waals surface area contributed by atoms with Crippen LogP contribution in [-0.2, 0) is 14.6 Å². The van der Waals surface area contributed by atoms with Gasteiger partial charge in [-0.1, -0.05) is 22.9 Å². The number of benzene rings is 1. The van der Waals surface area contributed by atoms with Crippen LogP contribution in [0.4, 0.5) is 0 Å². The van der Waals surface area contributed by atoms with Gasteiger partial charge in [0.15, 0.2) is 0 Å². The molecular weight excluding hydrogens is 322 g/mol. The van der Waals surface area contributed by atoms with Crippen LogP contribution in [0.5, 0.6) is 0 Å². The normalized spacial score (nSPS) is 13.0. The van der Waals surface area contributed by atoms with E-state index in [1.807, 2.05) is 0 Å². The van der Waals surface area contributed by atoms with Gasteiger partial charge in [-0.15, -0.1) is 0 Å². The fourth-order valence-corrected chi connectivity index (χ4v) is 3.05. The Morgan fingerprint density at radius 2 is 1.89 bits per heavy atom. The maximum absolute atomic E-state index is 12.0. The number of nitrogens with one attached hydrogen (secondary N) is 1. The quantitative estimate of drug-likeness (QED) is 0.652. The molecule has 0 aliphatic rings. The third-order valence-corrected chi connectivity index (χ3v) is 4.72. The van der Waals surface area contributed by atoms with E-state index in [9.17, 15) is 13.2 Å². The molecule has 1 aromatic rings. The Hall–Kier alpha value is -1.21. The lowest BCUT2D eigenvalue weighted by Crippen LogP contribution is -2.29. The van der Waals surface area contributed by atoms with Crippen LogP contribution in [0.2, 0.25) is 0 Å². The highest BCUT2D eigenvalue weighted by Gasteiger charge is 2.32. The average molecular weight is 334 g/mol. The molecule has 1 aromatic carbocycles. The summed E-state index contributed by atoms with van der Waals surface area (Å²) < 4.78 is 24.8. The second-order valence-electron chi connectivity index (χ2n) is 3.62. The number of sulfone groups is 1. The van der Waals surface area contributed by atoms with Gasteiger partial charge < -0.3 is 5.11 Å². The van der Waals surface area contributed by atoms with Crippen LogP contribution < -0.4 is 0 Å². The Morgan fingerprint density at radius 3 is 2.28 bits per heavy atom. The molecule has 1 atom stereocenters. The molecule has 0 aliphatic heterocycles. The minimum atomic E-state index is -4.03. The van der Waals surface area contributed by atoms with E-state index in [1.165, 1.54) is 31.2 Å². The molecule has 0 amide bonds. The van der Waals surface area contributed by atoms with Gasteiger partial charge in [-0.25, -0.2) is 8.42 Å². The first-order valence-corrected chi connectivity index (χ1v) is 7.40. The van der Waals surface area contributed by atoms with Crippen LogP contribution >= 0.6 is 15.9 Å². The molecular formula is C11H12BrNO4S. The van der Waals surface area contributed by atoms with Crippen molar-refractivity contribution in [2.45, 2.75) is 18.2 Å². The van der Waals surface area contributed by atoms with E-state index in [0.29, 0.717) is 4.47 Å². The maximum Gasteiger partial charge on any atom is 0.313 e. The van der Waals surface area contributed by atoms with E-state index < -0.39 is 26.8 Å². The molecule has 98 valence electrons. The Kier molecular flexibility index (Phi) is 4.64. The summed E-state index contributed by atoms with van der Waals surface area (Å²) >= 11 is 3.17. The highest BCUT2D eigenvalue weighted by atomic mass is 79.9. The number of carboxylic acids is 1. The predicted octanol–water partition coefficient (Wildman–Crippen LogP) is 2.31. The van der Waals surface area contributed by atoms with Gasteiger partial charge in [0, 0.05) is 4.47 Å². The smallest absolute Gasteiger partial charge is 0.313 e. The van der Waals surface area contributed by atoms with Crippen LogP contribution in [0, 0.1) is 11.3 Å². The van der Waals surface area contributed by atoms with Crippen LogP contribution in [0.3, 0.4) is 0 Å². The molecule has 7 heteroatoms. The van der Waals surface area contributed by atoms with Gasteiger partial charge >= 0.3 is 5.97 Å². The van der Waals surface area contributed by atoms with Crippen LogP contribution in [0.25, 0.3) is 0 Å². The van der Waals surface area contributed by atoms with E-state index in [-0.39, 0.29) is 11.3 Å². The highest BCUT2D eigenvalue weighted by molar-refractivity contribution is 9.10. The van der Waals surface area contributed by atoms with Gasteiger partial charge in [-0.05, 0) is 30.7 Å². The van der Waals surface area contributed by atoms with Gasteiger partial charge in [0.1, 0.15) is 11.0 Å². The Morgan fingerprint density at radius 1 is 1.39 bits per heavy atom. The van der Waals surface area contributed by atoms with Crippen molar-refractivity contribution in [2.24, 2.45) is 5.92 Å². The van der Waals surface area contributed by atoms with Crippen molar-refractivity contribution < 1.29 is 18.3 Å². The van der Waals surface area contributed by atoms with Gasteiger partial charge in [-0.2, -0.15) is 0 Å². The predicted molar refractivity (Wildman–Crippen MR) is 70.5 cm³/mol. The second-order valence-corrected chi connectivity index (χ2v) is 6.45. The van der Waals surface area contributed by atoms with Crippen LogP contribution in [0.15, 0.2) is 33.6 Å². The molecule has 18 heavy (non-hydrogen) atoms. The van der Waals surface area contributed by atoms with Gasteiger partial charge in [0.25, 0.3) is 0 Å². The molecule has 0 bridgehead atoms. The lowest BCUT2D eigenvalue weighted by Gasteiger charge is -2.12. The van der Waals surface area contributed by atoms with Crippen molar-refractivity contribution in [1.29, 1.82) is 5.41 Å². The first kappa shape index (κ1) is 14.8. The monoisotopic (exact) mass is 333 g/mol. The average Bonchev–Trinajstić information content (AvgIpc) is 2.29. The fraction of sp³-hybridized carbons (Fsp3) is 0.273. The van der Waals surface area contributed by atoms with E-state index in [2.05, 4.69) is 15.9 Å². The first-order chi connectivity index (χ1) is 8.30. The standard InChI is InChI=1S/C11H12BrNO4S/c1-2-9(11(14)15)10(13)18(16,17)8-5-3-7(12)4-6-8/h3-6,9,13H,2H2,1H3,(H,14,15)/t9-/m1/s1. The Balaban J connectivity index is 3.18. The molecule has 0 spiro atoms. The van der Waals surface area contributed by atoms with Crippen molar-refractivity contribution >= 4 is 36.8 Å². The summed E-state index contributed by atoms with van der Waals surface area (Å²) in [4.78, 5) is 10.8. The number of halogens is 1. The number of rotatable bonds is 4. The topological polar surface area (TPSA) is 95.3 Å². The van der Waals surface area contributed by atoms with E-state index in [1.54, 1.807) is 0 Å². The van der Waals surface area contributed by atoms with Gasteiger partial charge in [0.05, 0.1) is 4.90 Å². The summed E-state index contributed by atoms with van der Waals surface area (Å²) in [6.07, 6.45) is 0.0594. The summed E-state index contributed by atoms with van der Waals surface area (Å²) in [6.45, 7) is 1.53. The first-order valence-electron chi connectivity index (χ1n) is 5.12. The van der Waals surface area contributed by atoms with Crippen molar-refractivity contribution in [3.05, 3.63) is 28.7 Å². The largest absolute Gasteiger partial charge is 0.481 e. The molecule has 1 rings (SSSR count). The Bertz CT molecular complexity index is 565. The molecule has 2 N–H and O–H groups in total. The summed E-state index contributed by atoms with van der Waals surface area (Å²) in [7, 11) is -4.03. The summed E-state index contributed by atoms with van der Waals surface area (Å²) in [6, 6.07) is 5.73. The van der Waals surface area contributed by atoms with Gasteiger partial charge in [-0.3, -0.25) is 10.2 Å². The maximum atomic E-state index is 12.0. The second kappa shape index (κ2) is 5.62. The molecule has 0 fully saturated rings. The molecule has 0 saturated carbocycles.